The van der Waals surface area contributed by atoms with Crippen molar-refractivity contribution in [1.29, 1.82) is 0 Å². The van der Waals surface area contributed by atoms with Gasteiger partial charge < -0.3 is 9.97 Å². The van der Waals surface area contributed by atoms with Gasteiger partial charge in [0.25, 0.3) is 0 Å². The molecule has 1 radical (unpaired) electrons. The number of hydrogen-bond acceptors (Lipinski definition) is 4. The Kier molecular flexibility index (Phi) is 6.24. The van der Waals surface area contributed by atoms with E-state index >= 15 is 0 Å². The molecule has 225 valence electrons. The number of aromatic nitrogens is 4. The molecule has 0 fully saturated rings. The van der Waals surface area contributed by atoms with Crippen molar-refractivity contribution in [2.24, 2.45) is 4.99 Å². The van der Waals surface area contributed by atoms with Crippen LogP contribution in [0.3, 0.4) is 0 Å². The Morgan fingerprint density at radius 1 is 0.587 bits per heavy atom. The summed E-state index contributed by atoms with van der Waals surface area (Å²) in [6.45, 7) is 7.90. The van der Waals surface area contributed by atoms with Crippen molar-refractivity contribution in [2.75, 3.05) is 0 Å². The van der Waals surface area contributed by atoms with Crippen LogP contribution in [0.25, 0.3) is 68.6 Å². The molecular weight excluding hydrogens is 568 g/mol. The van der Waals surface area contributed by atoms with Gasteiger partial charge in [0.2, 0.25) is 0 Å². The Hall–Kier alpha value is -5.53. The van der Waals surface area contributed by atoms with E-state index in [9.17, 15) is 5.21 Å². The monoisotopic (exact) mass is 601 g/mol. The van der Waals surface area contributed by atoms with Crippen molar-refractivity contribution in [2.45, 2.75) is 38.8 Å². The molecule has 7 nitrogen and oxygen atoms in total. The third-order valence-corrected chi connectivity index (χ3v) is 9.51. The molecule has 0 amide bonds. The molecule has 3 aromatic heterocycles. The summed E-state index contributed by atoms with van der Waals surface area (Å²) < 4.78 is 0. The highest BCUT2D eigenvalue weighted by Gasteiger charge is 2.50. The van der Waals surface area contributed by atoms with Crippen LogP contribution in [-0.2, 0) is 5.21 Å². The van der Waals surface area contributed by atoms with Crippen LogP contribution in [0.4, 0.5) is 0 Å². The second kappa shape index (κ2) is 10.3. The Balaban J connectivity index is 1.54. The van der Waals surface area contributed by atoms with Crippen LogP contribution in [0.5, 0.6) is 0 Å². The van der Waals surface area contributed by atoms with Crippen LogP contribution in [0.15, 0.2) is 96.0 Å². The Labute approximate surface area is 267 Å². The van der Waals surface area contributed by atoms with E-state index in [0.717, 1.165) is 66.5 Å². The predicted octanol–water partition coefficient (Wildman–Crippen LogP) is 8.95. The van der Waals surface area contributed by atoms with Crippen LogP contribution in [-0.4, -0.2) is 41.9 Å². The average molecular weight is 602 g/mol. The number of hydrogen-bond donors (Lipinski definition) is 2. The fourth-order valence-electron chi connectivity index (χ4n) is 6.31. The van der Waals surface area contributed by atoms with E-state index in [1.54, 1.807) is 0 Å². The van der Waals surface area contributed by atoms with Crippen LogP contribution in [0.1, 0.15) is 56.0 Å². The number of nitrogens with zero attached hydrogens (tertiary/aromatic N) is 4. The molecule has 3 aliphatic heterocycles. The molecule has 0 atom stereocenters. The maximum absolute atomic E-state index is 14.1. The molecule has 8 rings (SSSR count). The van der Waals surface area contributed by atoms with Crippen LogP contribution < -0.4 is 0 Å². The Morgan fingerprint density at radius 2 is 1.11 bits per heavy atom. The maximum atomic E-state index is 14.1. The first kappa shape index (κ1) is 28.0. The van der Waals surface area contributed by atoms with Crippen molar-refractivity contribution in [3.05, 3.63) is 119 Å². The van der Waals surface area contributed by atoms with Gasteiger partial charge in [-0.3, -0.25) is 4.99 Å². The van der Waals surface area contributed by atoms with E-state index in [0.29, 0.717) is 17.1 Å². The topological polar surface area (TPSA) is 92.9 Å². The third-order valence-electron chi connectivity index (χ3n) is 9.51. The second-order valence-electron chi connectivity index (χ2n) is 12.9. The lowest BCUT2D eigenvalue weighted by atomic mass is 9.84. The summed E-state index contributed by atoms with van der Waals surface area (Å²) >= 11 is 0. The van der Waals surface area contributed by atoms with Crippen molar-refractivity contribution < 1.29 is 5.21 Å². The zero-order chi connectivity index (χ0) is 31.6. The smallest absolute Gasteiger partial charge is 0.163 e. The minimum Gasteiger partial charge on any atom is -0.355 e. The van der Waals surface area contributed by atoms with Gasteiger partial charge >= 0.3 is 0 Å². The summed E-state index contributed by atoms with van der Waals surface area (Å²) in [5, 5.41) is 15.1. The molecule has 46 heavy (non-hydrogen) atoms. The second-order valence-corrected chi connectivity index (χ2v) is 12.9. The molecule has 2 N–H and O–H groups in total. The average Bonchev–Trinajstić information content (AvgIpc) is 3.89. The van der Waals surface area contributed by atoms with Gasteiger partial charge in [0.15, 0.2) is 5.84 Å². The highest BCUT2D eigenvalue weighted by Crippen LogP contribution is 2.40. The van der Waals surface area contributed by atoms with E-state index in [2.05, 4.69) is 64.6 Å². The lowest BCUT2D eigenvalue weighted by molar-refractivity contribution is -0.158. The maximum Gasteiger partial charge on any atom is 0.163 e. The Morgan fingerprint density at radius 3 is 1.72 bits per heavy atom. The van der Waals surface area contributed by atoms with Gasteiger partial charge in [-0.25, -0.2) is 9.97 Å². The fourth-order valence-corrected chi connectivity index (χ4v) is 6.31. The molecule has 0 spiro atoms. The van der Waals surface area contributed by atoms with E-state index in [4.69, 9.17) is 15.0 Å². The summed E-state index contributed by atoms with van der Waals surface area (Å²) in [6.07, 6.45) is 8.11. The summed E-state index contributed by atoms with van der Waals surface area (Å²) in [7, 11) is 0. The number of hydroxylamine groups is 2. The van der Waals surface area contributed by atoms with Crippen LogP contribution >= 0.6 is 0 Å². The van der Waals surface area contributed by atoms with Gasteiger partial charge in [-0.15, -0.1) is 0 Å². The zero-order valence-electron chi connectivity index (χ0n) is 26.2. The molecule has 0 saturated carbocycles. The fraction of sp³-hybridized carbons (Fsp3) is 0.154. The van der Waals surface area contributed by atoms with Crippen molar-refractivity contribution in [3.8, 4) is 22.3 Å². The lowest BCUT2D eigenvalue weighted by Gasteiger charge is -2.35. The van der Waals surface area contributed by atoms with E-state index < -0.39 is 11.1 Å². The number of aliphatic imine (C=N–C) groups is 1. The molecular formula is C39H33N6O. The molecule has 0 aliphatic carbocycles. The minimum absolute atomic E-state index is 0.363. The van der Waals surface area contributed by atoms with Gasteiger partial charge in [-0.2, -0.15) is 5.06 Å². The van der Waals surface area contributed by atoms with Gasteiger partial charge in [0.1, 0.15) is 0 Å². The number of amidine groups is 1. The first-order chi connectivity index (χ1) is 22.2. The molecule has 6 heterocycles. The highest BCUT2D eigenvalue weighted by molar-refractivity contribution is 6.09. The van der Waals surface area contributed by atoms with E-state index in [1.165, 1.54) is 0 Å². The molecule has 0 unspecified atom stereocenters. The SMILES string of the molecule is CC1(C)N=C(c2c3nc(c(-c4ccccc4)c4ccc(cc5nc(c(-c6ccccc6)c6ccc2[nH]6)C=C5)[nH]4)C=C3)N([O])C1(C)C. The number of H-pyrrole nitrogens is 2. The van der Waals surface area contributed by atoms with Gasteiger partial charge in [0, 0.05) is 27.7 Å². The first-order valence-electron chi connectivity index (χ1n) is 15.5. The molecule has 7 heteroatoms. The quantitative estimate of drug-likeness (QED) is 0.212. The van der Waals surface area contributed by atoms with Crippen molar-refractivity contribution in [3.63, 3.8) is 0 Å². The van der Waals surface area contributed by atoms with Crippen molar-refractivity contribution in [1.82, 2.24) is 25.0 Å². The molecule has 5 aromatic rings. The summed E-state index contributed by atoms with van der Waals surface area (Å²) in [6, 6.07) is 30.8. The summed E-state index contributed by atoms with van der Waals surface area (Å²) in [5.41, 5.74) is 9.98. The lowest BCUT2D eigenvalue weighted by Crippen LogP contribution is -2.50. The Bertz CT molecular complexity index is 2230. The van der Waals surface area contributed by atoms with E-state index in [-0.39, 0.29) is 0 Å². The number of rotatable bonds is 3. The molecule has 3 aliphatic rings. The van der Waals surface area contributed by atoms with Crippen LogP contribution in [0, 0.1) is 0 Å². The number of fused-ring (bicyclic) bond motifs is 8. The van der Waals surface area contributed by atoms with Gasteiger partial charge in [-0.05, 0) is 93.5 Å². The number of nitrogens with one attached hydrogen (secondary N) is 2. The van der Waals surface area contributed by atoms with Gasteiger partial charge in [-0.1, -0.05) is 65.9 Å². The molecule has 0 saturated heterocycles. The number of benzene rings is 2. The van der Waals surface area contributed by atoms with Crippen molar-refractivity contribution >= 4 is 52.2 Å². The zero-order valence-corrected chi connectivity index (χ0v) is 26.2. The van der Waals surface area contributed by atoms with Crippen LogP contribution in [0.2, 0.25) is 0 Å². The first-order valence-corrected chi connectivity index (χ1v) is 15.5. The third kappa shape index (κ3) is 4.43. The summed E-state index contributed by atoms with van der Waals surface area (Å²) in [5.74, 6) is 0.363. The summed E-state index contributed by atoms with van der Waals surface area (Å²) in [4.78, 5) is 22.6. The molecule has 2 aromatic carbocycles. The standard InChI is InChI=1S/C39H33N6O/c1-38(2)39(3,4)45(46)37(44-38)36-32-21-19-30(42-32)34(24-11-7-5-8-12-24)28-17-15-26(40-28)23-27-16-18-29(41-27)35(25-13-9-6-10-14-25)31-20-22-33(36)43-31/h5-23,40,43H,1-4H3. The normalized spacial score (nSPS) is 16.2. The van der Waals surface area contributed by atoms with Gasteiger partial charge in [0.05, 0.1) is 44.9 Å². The molecule has 8 bridgehead atoms. The largest absolute Gasteiger partial charge is 0.355 e. The van der Waals surface area contributed by atoms with E-state index in [1.807, 2.05) is 88.4 Å². The number of aromatic amines is 2. The highest BCUT2D eigenvalue weighted by atomic mass is 16.5. The predicted molar refractivity (Wildman–Crippen MR) is 187 cm³/mol. The minimum atomic E-state index is -0.759.